The standard InChI is InChI=1S/C19H20N2O2/c1-12(2)15-5-7-16(8-6-15)19(22)20-11-14-4-9-17-18(10-14)23-13(3)21-17/h4-10,12H,11H2,1-3H3,(H,20,22). The fourth-order valence-corrected chi connectivity index (χ4v) is 2.50. The number of carbonyl (C=O) groups is 1. The summed E-state index contributed by atoms with van der Waals surface area (Å²) in [4.78, 5) is 16.5. The Morgan fingerprint density at radius 2 is 1.91 bits per heavy atom. The number of oxazole rings is 1. The zero-order valence-corrected chi connectivity index (χ0v) is 13.6. The number of benzene rings is 2. The molecule has 1 N–H and O–H groups in total. The first-order valence-electron chi connectivity index (χ1n) is 7.77. The molecule has 0 atom stereocenters. The van der Waals surface area contributed by atoms with Gasteiger partial charge in [0.05, 0.1) is 0 Å². The Labute approximate surface area is 135 Å². The Hall–Kier alpha value is -2.62. The Balaban J connectivity index is 1.67. The van der Waals surface area contributed by atoms with Crippen LogP contribution in [0.4, 0.5) is 0 Å². The highest BCUT2D eigenvalue weighted by Crippen LogP contribution is 2.17. The van der Waals surface area contributed by atoms with Crippen molar-refractivity contribution in [2.45, 2.75) is 33.2 Å². The van der Waals surface area contributed by atoms with Crippen LogP contribution in [0.25, 0.3) is 11.1 Å². The molecule has 3 rings (SSSR count). The third-order valence-electron chi connectivity index (χ3n) is 3.85. The molecular weight excluding hydrogens is 288 g/mol. The Kier molecular flexibility index (Phi) is 4.15. The van der Waals surface area contributed by atoms with E-state index in [1.54, 1.807) is 0 Å². The summed E-state index contributed by atoms with van der Waals surface area (Å²) in [5.41, 5.74) is 4.47. The van der Waals surface area contributed by atoms with Crippen LogP contribution in [0.5, 0.6) is 0 Å². The van der Waals surface area contributed by atoms with Gasteiger partial charge in [0.15, 0.2) is 11.5 Å². The van der Waals surface area contributed by atoms with Gasteiger partial charge < -0.3 is 9.73 Å². The van der Waals surface area contributed by atoms with E-state index < -0.39 is 0 Å². The summed E-state index contributed by atoms with van der Waals surface area (Å²) in [5.74, 6) is 1.03. The quantitative estimate of drug-likeness (QED) is 0.786. The molecule has 3 aromatic rings. The summed E-state index contributed by atoms with van der Waals surface area (Å²) in [6.45, 7) is 6.55. The Morgan fingerprint density at radius 1 is 1.17 bits per heavy atom. The second-order valence-electron chi connectivity index (χ2n) is 5.99. The van der Waals surface area contributed by atoms with E-state index in [4.69, 9.17) is 4.42 Å². The monoisotopic (exact) mass is 308 g/mol. The number of amides is 1. The number of aryl methyl sites for hydroxylation is 1. The summed E-state index contributed by atoms with van der Waals surface area (Å²) < 4.78 is 5.51. The number of hydrogen-bond acceptors (Lipinski definition) is 3. The van der Waals surface area contributed by atoms with Crippen molar-refractivity contribution in [2.24, 2.45) is 0 Å². The van der Waals surface area contributed by atoms with E-state index in [1.165, 1.54) is 5.56 Å². The first kappa shape index (κ1) is 15.3. The van der Waals surface area contributed by atoms with E-state index in [0.717, 1.165) is 16.7 Å². The van der Waals surface area contributed by atoms with Crippen LogP contribution in [0, 0.1) is 6.92 Å². The van der Waals surface area contributed by atoms with Crippen molar-refractivity contribution in [3.8, 4) is 0 Å². The molecule has 23 heavy (non-hydrogen) atoms. The van der Waals surface area contributed by atoms with Crippen LogP contribution in [0.1, 0.15) is 47.1 Å². The van der Waals surface area contributed by atoms with E-state index in [2.05, 4.69) is 24.1 Å². The minimum Gasteiger partial charge on any atom is -0.441 e. The van der Waals surface area contributed by atoms with Gasteiger partial charge in [-0.2, -0.15) is 0 Å². The number of hydrogen-bond donors (Lipinski definition) is 1. The normalized spacial score (nSPS) is 11.1. The first-order valence-corrected chi connectivity index (χ1v) is 7.77. The van der Waals surface area contributed by atoms with Crippen LogP contribution in [0.15, 0.2) is 46.9 Å². The Morgan fingerprint density at radius 3 is 2.61 bits per heavy atom. The van der Waals surface area contributed by atoms with Crippen LogP contribution in [0.2, 0.25) is 0 Å². The zero-order valence-electron chi connectivity index (χ0n) is 13.6. The van der Waals surface area contributed by atoms with Gasteiger partial charge in [0, 0.05) is 19.0 Å². The van der Waals surface area contributed by atoms with Crippen molar-refractivity contribution in [2.75, 3.05) is 0 Å². The molecule has 4 heteroatoms. The maximum absolute atomic E-state index is 12.2. The van der Waals surface area contributed by atoms with Gasteiger partial charge in [-0.3, -0.25) is 4.79 Å². The van der Waals surface area contributed by atoms with Gasteiger partial charge in [-0.15, -0.1) is 0 Å². The van der Waals surface area contributed by atoms with E-state index in [1.807, 2.05) is 49.4 Å². The van der Waals surface area contributed by atoms with Crippen molar-refractivity contribution in [1.82, 2.24) is 10.3 Å². The zero-order chi connectivity index (χ0) is 16.4. The molecule has 0 bridgehead atoms. The molecule has 0 saturated carbocycles. The van der Waals surface area contributed by atoms with Gasteiger partial charge in [0.1, 0.15) is 5.52 Å². The van der Waals surface area contributed by atoms with E-state index in [9.17, 15) is 4.79 Å². The van der Waals surface area contributed by atoms with E-state index in [-0.39, 0.29) is 5.91 Å². The van der Waals surface area contributed by atoms with Crippen molar-refractivity contribution in [3.05, 3.63) is 65.0 Å². The van der Waals surface area contributed by atoms with Gasteiger partial charge in [-0.1, -0.05) is 32.0 Å². The Bertz CT molecular complexity index is 832. The fraction of sp³-hybridized carbons (Fsp3) is 0.263. The number of nitrogens with one attached hydrogen (secondary N) is 1. The van der Waals surface area contributed by atoms with Crippen LogP contribution < -0.4 is 5.32 Å². The molecule has 0 saturated heterocycles. The molecule has 4 nitrogen and oxygen atoms in total. The highest BCUT2D eigenvalue weighted by atomic mass is 16.3. The first-order chi connectivity index (χ1) is 11.0. The topological polar surface area (TPSA) is 55.1 Å². The molecule has 0 spiro atoms. The number of aromatic nitrogens is 1. The highest BCUT2D eigenvalue weighted by molar-refractivity contribution is 5.94. The van der Waals surface area contributed by atoms with E-state index >= 15 is 0 Å². The lowest BCUT2D eigenvalue weighted by Gasteiger charge is -2.08. The maximum atomic E-state index is 12.2. The second kappa shape index (κ2) is 6.24. The molecule has 118 valence electrons. The molecule has 0 aliphatic carbocycles. The van der Waals surface area contributed by atoms with Crippen LogP contribution in [-0.2, 0) is 6.54 Å². The predicted molar refractivity (Wildman–Crippen MR) is 90.4 cm³/mol. The lowest BCUT2D eigenvalue weighted by atomic mass is 10.0. The molecule has 1 amide bonds. The SMILES string of the molecule is Cc1nc2ccc(CNC(=O)c3ccc(C(C)C)cc3)cc2o1. The highest BCUT2D eigenvalue weighted by Gasteiger charge is 2.08. The molecule has 0 aliphatic heterocycles. The average molecular weight is 308 g/mol. The van der Waals surface area contributed by atoms with Crippen molar-refractivity contribution >= 4 is 17.0 Å². The van der Waals surface area contributed by atoms with Gasteiger partial charge >= 0.3 is 0 Å². The molecule has 2 aromatic carbocycles. The number of rotatable bonds is 4. The maximum Gasteiger partial charge on any atom is 0.251 e. The molecule has 1 heterocycles. The minimum atomic E-state index is -0.0749. The molecule has 0 fully saturated rings. The fourth-order valence-electron chi connectivity index (χ4n) is 2.50. The van der Waals surface area contributed by atoms with E-state index in [0.29, 0.717) is 23.9 Å². The molecular formula is C19H20N2O2. The van der Waals surface area contributed by atoms with Gasteiger partial charge in [0.2, 0.25) is 0 Å². The van der Waals surface area contributed by atoms with Crippen molar-refractivity contribution in [1.29, 1.82) is 0 Å². The third-order valence-corrected chi connectivity index (χ3v) is 3.85. The largest absolute Gasteiger partial charge is 0.441 e. The van der Waals surface area contributed by atoms with Crippen LogP contribution in [-0.4, -0.2) is 10.9 Å². The second-order valence-corrected chi connectivity index (χ2v) is 5.99. The average Bonchev–Trinajstić information content (AvgIpc) is 2.92. The lowest BCUT2D eigenvalue weighted by molar-refractivity contribution is 0.0951. The summed E-state index contributed by atoms with van der Waals surface area (Å²) in [7, 11) is 0. The smallest absolute Gasteiger partial charge is 0.251 e. The lowest BCUT2D eigenvalue weighted by Crippen LogP contribution is -2.22. The summed E-state index contributed by atoms with van der Waals surface area (Å²) >= 11 is 0. The van der Waals surface area contributed by atoms with Gasteiger partial charge in [0.25, 0.3) is 5.91 Å². The predicted octanol–water partition coefficient (Wildman–Crippen LogP) is 4.19. The number of fused-ring (bicyclic) bond motifs is 1. The summed E-state index contributed by atoms with van der Waals surface area (Å²) in [6.07, 6.45) is 0. The molecule has 0 radical (unpaired) electrons. The number of nitrogens with zero attached hydrogens (tertiary/aromatic N) is 1. The van der Waals surface area contributed by atoms with Gasteiger partial charge in [-0.25, -0.2) is 4.98 Å². The van der Waals surface area contributed by atoms with Crippen LogP contribution in [0.3, 0.4) is 0 Å². The molecule has 0 aliphatic rings. The van der Waals surface area contributed by atoms with Crippen LogP contribution >= 0.6 is 0 Å². The summed E-state index contributed by atoms with van der Waals surface area (Å²) in [6, 6.07) is 13.5. The summed E-state index contributed by atoms with van der Waals surface area (Å²) in [5, 5.41) is 2.93. The number of carbonyl (C=O) groups excluding carboxylic acids is 1. The molecule has 1 aromatic heterocycles. The van der Waals surface area contributed by atoms with Crippen molar-refractivity contribution in [3.63, 3.8) is 0 Å². The minimum absolute atomic E-state index is 0.0749. The third kappa shape index (κ3) is 3.42. The van der Waals surface area contributed by atoms with Gasteiger partial charge in [-0.05, 0) is 41.3 Å². The molecule has 0 unspecified atom stereocenters. The van der Waals surface area contributed by atoms with Crippen molar-refractivity contribution < 1.29 is 9.21 Å².